The second kappa shape index (κ2) is 13.6. The maximum atomic E-state index is 2.46. The fraction of sp³-hybridized carbons (Fsp3) is 0. The van der Waals surface area contributed by atoms with Gasteiger partial charge in [-0.25, -0.2) is 0 Å². The third-order valence-electron chi connectivity index (χ3n) is 12.0. The third kappa shape index (κ3) is 5.47. The molecule has 10 aromatic carbocycles. The highest BCUT2D eigenvalue weighted by molar-refractivity contribution is 7.25. The molecule has 0 N–H and O–H groups in total. The van der Waals surface area contributed by atoms with Crippen molar-refractivity contribution in [2.75, 3.05) is 4.90 Å². The van der Waals surface area contributed by atoms with Crippen molar-refractivity contribution in [1.29, 1.82) is 0 Å². The topological polar surface area (TPSA) is 8.17 Å². The molecule has 12 aromatic rings. The summed E-state index contributed by atoms with van der Waals surface area (Å²) in [6.45, 7) is 0. The quantitative estimate of drug-likeness (QED) is 0.153. The van der Waals surface area contributed by atoms with Gasteiger partial charge in [0.15, 0.2) is 0 Å². The zero-order valence-electron chi connectivity index (χ0n) is 32.1. The lowest BCUT2D eigenvalue weighted by Gasteiger charge is -2.26. The van der Waals surface area contributed by atoms with Gasteiger partial charge >= 0.3 is 0 Å². The van der Waals surface area contributed by atoms with Crippen LogP contribution in [0.15, 0.2) is 218 Å². The van der Waals surface area contributed by atoms with Crippen LogP contribution in [0.1, 0.15) is 0 Å². The fourth-order valence-electron chi connectivity index (χ4n) is 9.24. The summed E-state index contributed by atoms with van der Waals surface area (Å²) in [5.74, 6) is 0. The van der Waals surface area contributed by atoms with E-state index in [9.17, 15) is 0 Å². The molecule has 2 heterocycles. The summed E-state index contributed by atoms with van der Waals surface area (Å²) in [6, 6.07) is 79.8. The second-order valence-electron chi connectivity index (χ2n) is 15.3. The predicted molar refractivity (Wildman–Crippen MR) is 254 cm³/mol. The minimum atomic E-state index is 1.11. The number of fused-ring (bicyclic) bond motifs is 11. The zero-order valence-corrected chi connectivity index (χ0v) is 32.9. The molecule has 0 atom stereocenters. The van der Waals surface area contributed by atoms with Crippen molar-refractivity contribution in [3.8, 4) is 27.9 Å². The number of hydrogen-bond donors (Lipinski definition) is 0. The summed E-state index contributed by atoms with van der Waals surface area (Å²) in [7, 11) is 0. The van der Waals surface area contributed by atoms with Crippen molar-refractivity contribution >= 4 is 91.9 Å². The summed E-state index contributed by atoms with van der Waals surface area (Å²) in [5, 5.41) is 10.3. The number of nitrogens with zero attached hydrogens (tertiary/aromatic N) is 2. The SMILES string of the molecule is c1ccc(-c2ccc(N(c3ccc(-c4ccc(-n5c6ccccc6c6c7ccccc7c7ccccc7c65)cc4)cc3)c3ccc4sc5ccccc5c4c3)cc2)cc1. The first-order valence-electron chi connectivity index (χ1n) is 20.2. The van der Waals surface area contributed by atoms with Gasteiger partial charge in [0.1, 0.15) is 0 Å². The van der Waals surface area contributed by atoms with Gasteiger partial charge in [-0.3, -0.25) is 0 Å². The van der Waals surface area contributed by atoms with E-state index >= 15 is 0 Å². The first kappa shape index (κ1) is 33.7. The average molecular weight is 769 g/mol. The Balaban J connectivity index is 0.948. The van der Waals surface area contributed by atoms with Crippen molar-refractivity contribution in [2.45, 2.75) is 0 Å². The Morgan fingerprint density at radius 3 is 1.47 bits per heavy atom. The number of anilines is 3. The Morgan fingerprint density at radius 2 is 0.797 bits per heavy atom. The van der Waals surface area contributed by atoms with Crippen LogP contribution in [0.25, 0.3) is 91.5 Å². The molecule has 276 valence electrons. The van der Waals surface area contributed by atoms with Gasteiger partial charge in [0, 0.05) is 59.1 Å². The number of hydrogen-bond acceptors (Lipinski definition) is 2. The highest BCUT2D eigenvalue weighted by Gasteiger charge is 2.19. The Morgan fingerprint density at radius 1 is 0.322 bits per heavy atom. The van der Waals surface area contributed by atoms with Gasteiger partial charge in [0.2, 0.25) is 0 Å². The lowest BCUT2D eigenvalue weighted by atomic mass is 9.97. The number of rotatable bonds is 6. The van der Waals surface area contributed by atoms with E-state index < -0.39 is 0 Å². The number of para-hydroxylation sites is 1. The lowest BCUT2D eigenvalue weighted by molar-refractivity contribution is 1.19. The van der Waals surface area contributed by atoms with Gasteiger partial charge < -0.3 is 9.47 Å². The first-order chi connectivity index (χ1) is 29.3. The van der Waals surface area contributed by atoms with E-state index in [0.717, 1.165) is 22.7 Å². The molecular weight excluding hydrogens is 733 g/mol. The highest BCUT2D eigenvalue weighted by Crippen LogP contribution is 2.44. The molecule has 0 fully saturated rings. The largest absolute Gasteiger partial charge is 0.310 e. The fourth-order valence-corrected chi connectivity index (χ4v) is 10.3. The molecular formula is C56H36N2S. The van der Waals surface area contributed by atoms with Crippen molar-refractivity contribution in [3.63, 3.8) is 0 Å². The monoisotopic (exact) mass is 768 g/mol. The molecule has 2 nitrogen and oxygen atoms in total. The first-order valence-corrected chi connectivity index (χ1v) is 21.0. The molecule has 3 heteroatoms. The van der Waals surface area contributed by atoms with Crippen LogP contribution in [0.5, 0.6) is 0 Å². The minimum absolute atomic E-state index is 1.11. The maximum absolute atomic E-state index is 2.46. The number of benzene rings is 10. The van der Waals surface area contributed by atoms with Crippen LogP contribution in [0.2, 0.25) is 0 Å². The molecule has 59 heavy (non-hydrogen) atoms. The Labute approximate surface area is 346 Å². The van der Waals surface area contributed by atoms with Crippen molar-refractivity contribution in [2.24, 2.45) is 0 Å². The number of thiophene rings is 1. The van der Waals surface area contributed by atoms with Crippen LogP contribution in [-0.4, -0.2) is 4.57 Å². The molecule has 0 bridgehead atoms. The van der Waals surface area contributed by atoms with Gasteiger partial charge in [-0.05, 0) is 105 Å². The summed E-state index contributed by atoms with van der Waals surface area (Å²) < 4.78 is 5.07. The molecule has 0 saturated carbocycles. The summed E-state index contributed by atoms with van der Waals surface area (Å²) in [6.07, 6.45) is 0. The van der Waals surface area contributed by atoms with E-state index in [1.54, 1.807) is 0 Å². The van der Waals surface area contributed by atoms with Crippen molar-refractivity contribution in [1.82, 2.24) is 4.57 Å². The molecule has 0 amide bonds. The standard InChI is InChI=1S/C56H36N2S/c1-2-12-37(13-3-1)38-22-28-41(29-23-38)57(44-34-35-54-51(36-44)47-16-9-11-21-53(47)59-54)42-30-24-39(25-31-42)40-26-32-43(33-27-40)58-52-20-10-8-19-50(52)55-48-17-6-4-14-45(48)46-15-5-7-18-49(46)56(55)58/h1-36H. The van der Waals surface area contributed by atoms with Crippen LogP contribution < -0.4 is 4.90 Å². The highest BCUT2D eigenvalue weighted by atomic mass is 32.1. The Bertz CT molecular complexity index is 3520. The van der Waals surface area contributed by atoms with Gasteiger partial charge in [0.05, 0.1) is 11.0 Å². The molecule has 0 saturated heterocycles. The molecule has 12 rings (SSSR count). The predicted octanol–water partition coefficient (Wildman–Crippen LogP) is 16.3. The zero-order chi connectivity index (χ0) is 38.9. The summed E-state index contributed by atoms with van der Waals surface area (Å²) >= 11 is 1.85. The summed E-state index contributed by atoms with van der Waals surface area (Å²) in [5.41, 5.74) is 11.8. The van der Waals surface area contributed by atoms with Crippen LogP contribution in [0.3, 0.4) is 0 Å². The van der Waals surface area contributed by atoms with Crippen LogP contribution in [0.4, 0.5) is 17.1 Å². The maximum Gasteiger partial charge on any atom is 0.0625 e. The van der Waals surface area contributed by atoms with Crippen LogP contribution in [0, 0.1) is 0 Å². The molecule has 2 aromatic heterocycles. The van der Waals surface area contributed by atoms with E-state index in [-0.39, 0.29) is 0 Å². The third-order valence-corrected chi connectivity index (χ3v) is 13.1. The smallest absolute Gasteiger partial charge is 0.0625 e. The minimum Gasteiger partial charge on any atom is -0.310 e. The molecule has 0 radical (unpaired) electrons. The second-order valence-corrected chi connectivity index (χ2v) is 16.4. The van der Waals surface area contributed by atoms with Gasteiger partial charge in [-0.1, -0.05) is 152 Å². The van der Waals surface area contributed by atoms with Gasteiger partial charge in [-0.2, -0.15) is 0 Å². The van der Waals surface area contributed by atoms with E-state index in [1.807, 2.05) is 11.3 Å². The van der Waals surface area contributed by atoms with E-state index in [0.29, 0.717) is 0 Å². The van der Waals surface area contributed by atoms with E-state index in [1.165, 1.54) is 85.8 Å². The van der Waals surface area contributed by atoms with Gasteiger partial charge in [0.25, 0.3) is 0 Å². The lowest BCUT2D eigenvalue weighted by Crippen LogP contribution is -2.09. The normalized spacial score (nSPS) is 11.7. The number of aromatic nitrogens is 1. The van der Waals surface area contributed by atoms with Crippen molar-refractivity contribution in [3.05, 3.63) is 218 Å². The van der Waals surface area contributed by atoms with E-state index in [4.69, 9.17) is 0 Å². The molecule has 0 spiro atoms. The average Bonchev–Trinajstić information content (AvgIpc) is 3.86. The molecule has 0 unspecified atom stereocenters. The van der Waals surface area contributed by atoms with Crippen LogP contribution in [-0.2, 0) is 0 Å². The molecule has 0 aliphatic heterocycles. The molecule has 0 aliphatic carbocycles. The summed E-state index contributed by atoms with van der Waals surface area (Å²) in [4.78, 5) is 2.38. The molecule has 0 aliphatic rings. The van der Waals surface area contributed by atoms with Crippen LogP contribution >= 0.6 is 11.3 Å². The Kier molecular flexibility index (Phi) is 7.75. The van der Waals surface area contributed by atoms with Crippen molar-refractivity contribution < 1.29 is 0 Å². The van der Waals surface area contributed by atoms with E-state index in [2.05, 4.69) is 228 Å². The van der Waals surface area contributed by atoms with Gasteiger partial charge in [-0.15, -0.1) is 11.3 Å². The Hall–Kier alpha value is -7.46.